The second-order valence-corrected chi connectivity index (χ2v) is 12.6. The van der Waals surface area contributed by atoms with Crippen LogP contribution in [-0.2, 0) is 18.9 Å². The van der Waals surface area contributed by atoms with Gasteiger partial charge in [-0.05, 0) is 42.0 Å². The number of fused-ring (bicyclic) bond motifs is 2. The minimum Gasteiger partial charge on any atom is -0.365 e. The third-order valence-electron chi connectivity index (χ3n) is 6.76. The van der Waals surface area contributed by atoms with Crippen LogP contribution < -0.4 is 5.32 Å². The maximum atomic E-state index is 13.2. The van der Waals surface area contributed by atoms with E-state index < -0.39 is 27.0 Å². The predicted octanol–water partition coefficient (Wildman–Crippen LogP) is 9.72. The zero-order valence-electron chi connectivity index (χ0n) is 24.7. The van der Waals surface area contributed by atoms with Gasteiger partial charge in [0, 0.05) is 60.0 Å². The number of aromatic nitrogens is 6. The molecule has 0 fully saturated rings. The highest BCUT2D eigenvalue weighted by Crippen LogP contribution is 2.41. The Hall–Kier alpha value is -5.33. The maximum Gasteiger partial charge on any atom is 0.425 e. The van der Waals surface area contributed by atoms with Gasteiger partial charge in [0.05, 0.1) is 10.3 Å². The Kier molecular flexibility index (Phi) is 9.59. The van der Waals surface area contributed by atoms with Crippen molar-refractivity contribution in [1.29, 1.82) is 0 Å². The number of thiophene rings is 2. The number of pyridine rings is 2. The van der Waals surface area contributed by atoms with E-state index in [9.17, 15) is 36.5 Å². The molecule has 7 aromatic rings. The summed E-state index contributed by atoms with van der Waals surface area (Å²) in [7, 11) is 0. The van der Waals surface area contributed by atoms with E-state index in [1.165, 1.54) is 24.5 Å². The standard InChI is InChI=1S/C19H12F3N5O2S.C12H5ClF3N3S/c20-19(21,22)15-9-14-17(24-10-11-2-1-3-13(8-11)27(28)29)25-16(26-18(14)30-15)12-4-6-23-7-5-12;13-9-7-5-8(12(14,15)16)20-11(7)19-10(18-9)6-1-3-17-4-2-6/h1-9H,10H2,(H,24,25,26);1-5H. The third-order valence-corrected chi connectivity index (χ3v) is 9.19. The molecule has 0 aliphatic heterocycles. The Bertz CT molecular complexity index is 2320. The van der Waals surface area contributed by atoms with Gasteiger partial charge in [0.2, 0.25) is 0 Å². The SMILES string of the molecule is FC(F)(F)c1cc2c(Cl)nc(-c3ccncc3)nc2s1.O=[N+]([O-])c1cccc(CNc2nc(-c3ccncc3)nc3sc(C(F)(F)F)cc23)c1. The summed E-state index contributed by atoms with van der Waals surface area (Å²) in [5.74, 6) is 0.743. The second-order valence-electron chi connectivity index (χ2n) is 10.1. The minimum absolute atomic E-state index is 0.00793. The average Bonchev–Trinajstić information content (AvgIpc) is 3.74. The fourth-order valence-corrected chi connectivity index (χ4v) is 6.53. The van der Waals surface area contributed by atoms with Crippen molar-refractivity contribution in [3.8, 4) is 22.8 Å². The summed E-state index contributed by atoms with van der Waals surface area (Å²) in [6.45, 7) is 0.140. The van der Waals surface area contributed by atoms with Crippen LogP contribution in [0.25, 0.3) is 43.2 Å². The molecule has 0 saturated carbocycles. The molecule has 0 radical (unpaired) electrons. The molecule has 50 heavy (non-hydrogen) atoms. The smallest absolute Gasteiger partial charge is 0.365 e. The normalized spacial score (nSPS) is 11.7. The van der Waals surface area contributed by atoms with Gasteiger partial charge in [0.1, 0.15) is 30.4 Å². The number of nitro groups is 1. The summed E-state index contributed by atoms with van der Waals surface area (Å²) in [5.41, 5.74) is 1.76. The van der Waals surface area contributed by atoms with E-state index in [1.54, 1.807) is 48.8 Å². The van der Waals surface area contributed by atoms with Gasteiger partial charge in [-0.25, -0.2) is 19.9 Å². The van der Waals surface area contributed by atoms with Crippen LogP contribution in [0.3, 0.4) is 0 Å². The number of alkyl halides is 6. The lowest BCUT2D eigenvalue weighted by atomic mass is 10.2. The molecule has 254 valence electrons. The molecular formula is C31H17ClF6N8O2S2. The lowest BCUT2D eigenvalue weighted by Gasteiger charge is -2.09. The van der Waals surface area contributed by atoms with Crippen LogP contribution in [0.2, 0.25) is 5.15 Å². The molecule has 0 atom stereocenters. The van der Waals surface area contributed by atoms with Gasteiger partial charge in [-0.15, -0.1) is 22.7 Å². The first-order valence-corrected chi connectivity index (χ1v) is 16.0. The molecule has 6 aromatic heterocycles. The van der Waals surface area contributed by atoms with Crippen LogP contribution in [0.4, 0.5) is 37.8 Å². The fraction of sp³-hybridized carbons (Fsp3) is 0.0968. The highest BCUT2D eigenvalue weighted by Gasteiger charge is 2.34. The van der Waals surface area contributed by atoms with Crippen LogP contribution >= 0.6 is 34.3 Å². The van der Waals surface area contributed by atoms with Crippen LogP contribution in [0.1, 0.15) is 15.3 Å². The van der Waals surface area contributed by atoms with Gasteiger partial charge in [0.25, 0.3) is 5.69 Å². The molecule has 0 amide bonds. The number of rotatable bonds is 6. The number of anilines is 1. The van der Waals surface area contributed by atoms with E-state index in [0.29, 0.717) is 39.4 Å². The lowest BCUT2D eigenvalue weighted by Crippen LogP contribution is -2.04. The van der Waals surface area contributed by atoms with E-state index in [4.69, 9.17) is 11.6 Å². The molecule has 0 aliphatic rings. The number of hydrogen-bond donors (Lipinski definition) is 1. The van der Waals surface area contributed by atoms with Gasteiger partial charge in [-0.2, -0.15) is 26.3 Å². The number of hydrogen-bond acceptors (Lipinski definition) is 11. The molecule has 0 spiro atoms. The van der Waals surface area contributed by atoms with Crippen molar-refractivity contribution >= 4 is 66.2 Å². The number of nitro benzene ring substituents is 1. The lowest BCUT2D eigenvalue weighted by molar-refractivity contribution is -0.384. The van der Waals surface area contributed by atoms with Gasteiger partial charge in [-0.1, -0.05) is 23.7 Å². The first-order valence-electron chi connectivity index (χ1n) is 14.0. The Morgan fingerprint density at radius 2 is 1.24 bits per heavy atom. The second kappa shape index (κ2) is 13.9. The first kappa shape index (κ1) is 34.5. The summed E-state index contributed by atoms with van der Waals surface area (Å²) in [4.78, 5) is 33.9. The fourth-order valence-electron chi connectivity index (χ4n) is 4.45. The van der Waals surface area contributed by atoms with Gasteiger partial charge >= 0.3 is 12.4 Å². The summed E-state index contributed by atoms with van der Waals surface area (Å²) < 4.78 is 77.7. The Morgan fingerprint density at radius 3 is 1.78 bits per heavy atom. The summed E-state index contributed by atoms with van der Waals surface area (Å²) in [6, 6.07) is 14.6. The largest absolute Gasteiger partial charge is 0.425 e. The predicted molar refractivity (Wildman–Crippen MR) is 177 cm³/mol. The summed E-state index contributed by atoms with van der Waals surface area (Å²) >= 11 is 7.03. The number of benzene rings is 1. The van der Waals surface area contributed by atoms with E-state index in [2.05, 4.69) is 35.2 Å². The van der Waals surface area contributed by atoms with Gasteiger partial charge < -0.3 is 5.32 Å². The van der Waals surface area contributed by atoms with Crippen molar-refractivity contribution in [3.05, 3.63) is 116 Å². The Balaban J connectivity index is 0.000000187. The van der Waals surface area contributed by atoms with Crippen molar-refractivity contribution in [2.45, 2.75) is 18.9 Å². The molecule has 6 heterocycles. The molecule has 0 unspecified atom stereocenters. The molecule has 10 nitrogen and oxygen atoms in total. The third kappa shape index (κ3) is 7.77. The zero-order chi connectivity index (χ0) is 35.6. The molecule has 19 heteroatoms. The van der Waals surface area contributed by atoms with Gasteiger partial charge in [-0.3, -0.25) is 20.1 Å². The van der Waals surface area contributed by atoms with Gasteiger partial charge in [0.15, 0.2) is 11.6 Å². The highest BCUT2D eigenvalue weighted by molar-refractivity contribution is 7.19. The van der Waals surface area contributed by atoms with Crippen molar-refractivity contribution < 1.29 is 31.3 Å². The van der Waals surface area contributed by atoms with Crippen molar-refractivity contribution in [2.24, 2.45) is 0 Å². The number of nitrogens with one attached hydrogen (secondary N) is 1. The molecule has 1 N–H and O–H groups in total. The maximum absolute atomic E-state index is 13.2. The Labute approximate surface area is 289 Å². The zero-order valence-corrected chi connectivity index (χ0v) is 27.1. The minimum atomic E-state index is -4.50. The quantitative estimate of drug-likeness (QED) is 0.0764. The molecule has 1 aromatic carbocycles. The molecule has 0 bridgehead atoms. The van der Waals surface area contributed by atoms with Crippen LogP contribution in [0.5, 0.6) is 0 Å². The van der Waals surface area contributed by atoms with Crippen molar-refractivity contribution in [3.63, 3.8) is 0 Å². The average molecular weight is 747 g/mol. The van der Waals surface area contributed by atoms with Crippen molar-refractivity contribution in [1.82, 2.24) is 29.9 Å². The number of halogens is 7. The van der Waals surface area contributed by atoms with Crippen LogP contribution in [-0.4, -0.2) is 34.8 Å². The summed E-state index contributed by atoms with van der Waals surface area (Å²) in [6.07, 6.45) is -2.74. The van der Waals surface area contributed by atoms with E-state index in [-0.39, 0.29) is 55.3 Å². The van der Waals surface area contributed by atoms with E-state index >= 15 is 0 Å². The Morgan fingerprint density at radius 1 is 0.720 bits per heavy atom. The number of non-ortho nitro benzene ring substituents is 1. The topological polar surface area (TPSA) is 133 Å². The molecular weight excluding hydrogens is 730 g/mol. The van der Waals surface area contributed by atoms with E-state index in [0.717, 1.165) is 12.1 Å². The number of nitrogens with zero attached hydrogens (tertiary/aromatic N) is 7. The highest BCUT2D eigenvalue weighted by atomic mass is 35.5. The first-order chi connectivity index (χ1) is 23.8. The van der Waals surface area contributed by atoms with Crippen LogP contribution in [0.15, 0.2) is 85.5 Å². The monoisotopic (exact) mass is 746 g/mol. The van der Waals surface area contributed by atoms with E-state index in [1.807, 2.05) is 0 Å². The van der Waals surface area contributed by atoms with Crippen LogP contribution in [0, 0.1) is 10.1 Å². The molecule has 0 aliphatic carbocycles. The summed E-state index contributed by atoms with van der Waals surface area (Å²) in [5, 5.41) is 14.4. The molecule has 0 saturated heterocycles. The van der Waals surface area contributed by atoms with Crippen molar-refractivity contribution in [2.75, 3.05) is 5.32 Å². The molecule has 7 rings (SSSR count).